The van der Waals surface area contributed by atoms with Crippen molar-refractivity contribution in [3.05, 3.63) is 10.4 Å². The predicted octanol–water partition coefficient (Wildman–Crippen LogP) is 0.301. The molecule has 0 bridgehead atoms. The Hall–Kier alpha value is -3.01. The average Bonchev–Trinajstić information content (AvgIpc) is 2.80. The third kappa shape index (κ3) is 19.3. The molecule has 4 N–H and O–H groups in total. The standard InChI is InChI=1S/C20H34N4O12/c21-23-22-5-6-24(15(11-33-7-1-17(25)26)12-34-8-2-18(27)28)16(13-35-9-3-19(29)30)14-36-10-4-20(31)32/h15-16H,1-14H2,(H,25,26)(H,27,28)(H,29,30)(H,31,32). The summed E-state index contributed by atoms with van der Waals surface area (Å²) in [6.45, 7) is -0.351. The fourth-order valence-corrected chi connectivity index (χ4v) is 2.86. The Bertz CT molecular complexity index is 625. The lowest BCUT2D eigenvalue weighted by molar-refractivity contribution is -0.139. The van der Waals surface area contributed by atoms with Crippen molar-refractivity contribution < 1.29 is 58.6 Å². The topological polar surface area (TPSA) is 238 Å². The maximum absolute atomic E-state index is 10.8. The zero-order valence-corrected chi connectivity index (χ0v) is 19.9. The first kappa shape index (κ1) is 33.0. The highest BCUT2D eigenvalue weighted by Gasteiger charge is 2.28. The molecular formula is C20H34N4O12. The molecule has 0 atom stereocenters. The Morgan fingerprint density at radius 1 is 0.667 bits per heavy atom. The predicted molar refractivity (Wildman–Crippen MR) is 121 cm³/mol. The van der Waals surface area contributed by atoms with Crippen molar-refractivity contribution in [1.29, 1.82) is 0 Å². The quantitative estimate of drug-likeness (QED) is 0.0546. The molecule has 0 unspecified atom stereocenters. The van der Waals surface area contributed by atoms with E-state index in [1.54, 1.807) is 4.90 Å². The van der Waals surface area contributed by atoms with Gasteiger partial charge in [-0.05, 0) is 5.53 Å². The molecule has 0 aliphatic carbocycles. The third-order valence-electron chi connectivity index (χ3n) is 4.54. The Morgan fingerprint density at radius 2 is 0.972 bits per heavy atom. The van der Waals surface area contributed by atoms with Crippen molar-refractivity contribution in [2.24, 2.45) is 5.11 Å². The Balaban J connectivity index is 5.58. The summed E-state index contributed by atoms with van der Waals surface area (Å²) in [6.07, 6.45) is -0.979. The zero-order chi connectivity index (χ0) is 27.2. The van der Waals surface area contributed by atoms with Crippen LogP contribution in [0, 0.1) is 0 Å². The molecule has 0 aromatic rings. The number of azide groups is 1. The second-order valence-corrected chi connectivity index (χ2v) is 7.37. The first-order valence-corrected chi connectivity index (χ1v) is 11.1. The van der Waals surface area contributed by atoms with Crippen LogP contribution in [0.2, 0.25) is 0 Å². The van der Waals surface area contributed by atoms with Gasteiger partial charge in [-0.3, -0.25) is 24.1 Å². The van der Waals surface area contributed by atoms with Crippen LogP contribution in [0.5, 0.6) is 0 Å². The first-order chi connectivity index (χ1) is 17.2. The molecule has 0 aromatic heterocycles. The number of nitrogens with zero attached hydrogens (tertiary/aromatic N) is 4. The van der Waals surface area contributed by atoms with E-state index < -0.39 is 36.0 Å². The fourth-order valence-electron chi connectivity index (χ4n) is 2.86. The molecule has 16 heteroatoms. The SMILES string of the molecule is [N-]=[N+]=NCCN(C(COCCC(=O)O)COCCC(=O)O)C(COCCC(=O)O)COCCC(=O)O. The van der Waals surface area contributed by atoms with E-state index in [0.29, 0.717) is 0 Å². The fraction of sp³-hybridized carbons (Fsp3) is 0.800. The highest BCUT2D eigenvalue weighted by atomic mass is 16.5. The van der Waals surface area contributed by atoms with E-state index in [1.807, 2.05) is 0 Å². The zero-order valence-electron chi connectivity index (χ0n) is 19.9. The van der Waals surface area contributed by atoms with Crippen LogP contribution in [0.25, 0.3) is 10.4 Å². The molecule has 0 heterocycles. The molecule has 0 spiro atoms. The van der Waals surface area contributed by atoms with Crippen LogP contribution in [0.3, 0.4) is 0 Å². The second-order valence-electron chi connectivity index (χ2n) is 7.37. The van der Waals surface area contributed by atoms with Gasteiger partial charge in [-0.1, -0.05) is 5.11 Å². The first-order valence-electron chi connectivity index (χ1n) is 11.1. The summed E-state index contributed by atoms with van der Waals surface area (Å²) >= 11 is 0. The van der Waals surface area contributed by atoms with Crippen molar-refractivity contribution in [3.8, 4) is 0 Å². The molecule has 0 amide bonds. The molecule has 16 nitrogen and oxygen atoms in total. The van der Waals surface area contributed by atoms with Gasteiger partial charge in [-0.2, -0.15) is 0 Å². The van der Waals surface area contributed by atoms with E-state index in [1.165, 1.54) is 0 Å². The van der Waals surface area contributed by atoms with Crippen LogP contribution in [0.15, 0.2) is 5.11 Å². The lowest BCUT2D eigenvalue weighted by Gasteiger charge is -2.37. The third-order valence-corrected chi connectivity index (χ3v) is 4.54. The van der Waals surface area contributed by atoms with Gasteiger partial charge in [-0.15, -0.1) is 0 Å². The van der Waals surface area contributed by atoms with Gasteiger partial charge >= 0.3 is 23.9 Å². The number of hydrogen-bond donors (Lipinski definition) is 4. The highest BCUT2D eigenvalue weighted by Crippen LogP contribution is 2.12. The van der Waals surface area contributed by atoms with Crippen molar-refractivity contribution in [1.82, 2.24) is 4.90 Å². The van der Waals surface area contributed by atoms with E-state index in [4.69, 9.17) is 44.9 Å². The summed E-state index contributed by atoms with van der Waals surface area (Å²) in [7, 11) is 0. The van der Waals surface area contributed by atoms with Gasteiger partial charge in [0.25, 0.3) is 0 Å². The van der Waals surface area contributed by atoms with Crippen LogP contribution in [0.1, 0.15) is 25.7 Å². The number of aliphatic carboxylic acids is 4. The Labute approximate surface area is 207 Å². The highest BCUT2D eigenvalue weighted by molar-refractivity contribution is 5.67. The Morgan fingerprint density at radius 3 is 1.22 bits per heavy atom. The molecule has 0 aliphatic rings. The minimum atomic E-state index is -1.05. The normalized spacial score (nSPS) is 11.1. The molecule has 0 aliphatic heterocycles. The molecule has 206 valence electrons. The summed E-state index contributed by atoms with van der Waals surface area (Å²) < 4.78 is 21.9. The number of carboxylic acid groups (broad SMARTS) is 4. The molecule has 0 aromatic carbocycles. The lowest BCUT2D eigenvalue weighted by atomic mass is 10.1. The number of carbonyl (C=O) groups is 4. The smallest absolute Gasteiger partial charge is 0.305 e. The van der Waals surface area contributed by atoms with Crippen LogP contribution in [-0.4, -0.2) is 127 Å². The number of ether oxygens (including phenoxy) is 4. The number of carboxylic acids is 4. The number of hydrogen-bond acceptors (Lipinski definition) is 10. The molecule has 0 saturated heterocycles. The summed E-state index contributed by atoms with van der Waals surface area (Å²) in [5, 5.41) is 38.8. The summed E-state index contributed by atoms with van der Waals surface area (Å²) in [6, 6.07) is -1.17. The largest absolute Gasteiger partial charge is 0.481 e. The minimum Gasteiger partial charge on any atom is -0.481 e. The Kier molecular flexibility index (Phi) is 19.5. The second kappa shape index (κ2) is 21.3. The van der Waals surface area contributed by atoms with Gasteiger partial charge in [0.2, 0.25) is 0 Å². The monoisotopic (exact) mass is 522 g/mol. The van der Waals surface area contributed by atoms with Gasteiger partial charge < -0.3 is 39.4 Å². The maximum Gasteiger partial charge on any atom is 0.305 e. The van der Waals surface area contributed by atoms with E-state index in [-0.39, 0.29) is 91.6 Å². The van der Waals surface area contributed by atoms with E-state index in [0.717, 1.165) is 0 Å². The van der Waals surface area contributed by atoms with Crippen molar-refractivity contribution in [2.45, 2.75) is 37.8 Å². The van der Waals surface area contributed by atoms with Gasteiger partial charge in [0, 0.05) is 18.0 Å². The van der Waals surface area contributed by atoms with Gasteiger partial charge in [0.05, 0.1) is 90.6 Å². The maximum atomic E-state index is 10.8. The van der Waals surface area contributed by atoms with Gasteiger partial charge in [0.15, 0.2) is 0 Å². The summed E-state index contributed by atoms with van der Waals surface area (Å²) in [5.74, 6) is -4.22. The van der Waals surface area contributed by atoms with Crippen molar-refractivity contribution >= 4 is 23.9 Å². The van der Waals surface area contributed by atoms with E-state index >= 15 is 0 Å². The van der Waals surface area contributed by atoms with E-state index in [9.17, 15) is 19.2 Å². The lowest BCUT2D eigenvalue weighted by Crippen LogP contribution is -2.52. The minimum absolute atomic E-state index is 0.0119. The van der Waals surface area contributed by atoms with Gasteiger partial charge in [0.1, 0.15) is 0 Å². The molecule has 36 heavy (non-hydrogen) atoms. The van der Waals surface area contributed by atoms with Gasteiger partial charge in [-0.25, -0.2) is 0 Å². The van der Waals surface area contributed by atoms with Crippen molar-refractivity contribution in [3.63, 3.8) is 0 Å². The molecular weight excluding hydrogens is 488 g/mol. The molecule has 0 fully saturated rings. The van der Waals surface area contributed by atoms with Crippen LogP contribution < -0.4 is 0 Å². The number of rotatable bonds is 25. The van der Waals surface area contributed by atoms with Crippen LogP contribution in [-0.2, 0) is 38.1 Å². The van der Waals surface area contributed by atoms with Crippen LogP contribution >= 0.6 is 0 Å². The van der Waals surface area contributed by atoms with Crippen LogP contribution in [0.4, 0.5) is 0 Å². The van der Waals surface area contributed by atoms with E-state index in [2.05, 4.69) is 10.0 Å². The molecule has 0 saturated carbocycles. The summed E-state index contributed by atoms with van der Waals surface area (Å²) in [4.78, 5) is 47.6. The molecule has 0 rings (SSSR count). The van der Waals surface area contributed by atoms with Crippen molar-refractivity contribution in [2.75, 3.05) is 65.9 Å². The average molecular weight is 523 g/mol. The molecule has 0 radical (unpaired) electrons. The summed E-state index contributed by atoms with van der Waals surface area (Å²) in [5.41, 5.74) is 8.68.